The number of ether oxygens (including phenoxy) is 1. The summed E-state index contributed by atoms with van der Waals surface area (Å²) >= 11 is 0. The van der Waals surface area contributed by atoms with Gasteiger partial charge in [0.05, 0.1) is 5.41 Å². The van der Waals surface area contributed by atoms with Gasteiger partial charge in [0.15, 0.2) is 0 Å². The van der Waals surface area contributed by atoms with Crippen LogP contribution in [0, 0.1) is 5.41 Å². The van der Waals surface area contributed by atoms with Crippen LogP contribution in [-0.4, -0.2) is 41.8 Å². The second-order valence-corrected chi connectivity index (χ2v) is 9.36. The second-order valence-electron chi connectivity index (χ2n) is 9.36. The number of benzene rings is 2. The highest BCUT2D eigenvalue weighted by Gasteiger charge is 2.49. The van der Waals surface area contributed by atoms with Crippen molar-refractivity contribution in [1.29, 1.82) is 0 Å². The Hall–Kier alpha value is -3.35. The third kappa shape index (κ3) is 4.15. The molecule has 7 nitrogen and oxygen atoms in total. The van der Waals surface area contributed by atoms with Crippen molar-refractivity contribution in [3.05, 3.63) is 59.7 Å². The molecule has 0 bridgehead atoms. The summed E-state index contributed by atoms with van der Waals surface area (Å²) < 4.78 is 5.60. The van der Waals surface area contributed by atoms with Crippen LogP contribution in [0.3, 0.4) is 0 Å². The van der Waals surface area contributed by atoms with Crippen LogP contribution in [0.2, 0.25) is 0 Å². The fourth-order valence-electron chi connectivity index (χ4n) is 5.06. The van der Waals surface area contributed by atoms with Crippen molar-refractivity contribution >= 4 is 18.0 Å². The summed E-state index contributed by atoms with van der Waals surface area (Å²) in [6.07, 6.45) is 1.98. The highest BCUT2D eigenvalue weighted by Crippen LogP contribution is 2.44. The second kappa shape index (κ2) is 9.49. The van der Waals surface area contributed by atoms with Crippen LogP contribution in [0.1, 0.15) is 63.0 Å². The average Bonchev–Trinajstić information content (AvgIpc) is 3.14. The lowest BCUT2D eigenvalue weighted by atomic mass is 9.74. The molecule has 2 aliphatic carbocycles. The van der Waals surface area contributed by atoms with E-state index in [2.05, 4.69) is 34.9 Å². The van der Waals surface area contributed by atoms with E-state index in [9.17, 15) is 19.5 Å². The Balaban J connectivity index is 1.39. The van der Waals surface area contributed by atoms with Gasteiger partial charge in [-0.1, -0.05) is 62.4 Å². The standard InChI is InChI=1S/C27H32N2O5/c1-3-26(4-2,23(30)29-27(24(31)32)14-9-15-27)17-28-25(33)34-16-22-20-12-7-5-10-18(20)19-11-6-8-13-21(19)22/h5-8,10-13,22H,3-4,9,14-17H2,1-2H3,(H,28,33)(H,29,30)(H,31,32). The SMILES string of the molecule is CCC(CC)(CNC(=O)OCC1c2ccccc2-c2ccccc21)C(=O)NC1(C(=O)O)CCC1. The molecule has 0 unspecified atom stereocenters. The molecule has 2 amide bonds. The molecule has 0 heterocycles. The molecule has 7 heteroatoms. The number of fused-ring (bicyclic) bond motifs is 3. The summed E-state index contributed by atoms with van der Waals surface area (Å²) in [5.74, 6) is -1.38. The van der Waals surface area contributed by atoms with Crippen molar-refractivity contribution in [1.82, 2.24) is 10.6 Å². The van der Waals surface area contributed by atoms with Crippen molar-refractivity contribution in [2.75, 3.05) is 13.2 Å². The third-order valence-electron chi connectivity index (χ3n) is 7.72. The lowest BCUT2D eigenvalue weighted by Gasteiger charge is -2.41. The Bertz CT molecular complexity index is 1040. The van der Waals surface area contributed by atoms with Crippen molar-refractivity contribution in [2.24, 2.45) is 5.41 Å². The van der Waals surface area contributed by atoms with Gasteiger partial charge in [0.25, 0.3) is 0 Å². The fourth-order valence-corrected chi connectivity index (χ4v) is 5.06. The lowest BCUT2D eigenvalue weighted by molar-refractivity contribution is -0.154. The van der Waals surface area contributed by atoms with Crippen molar-refractivity contribution < 1.29 is 24.2 Å². The molecule has 180 valence electrons. The summed E-state index contributed by atoms with van der Waals surface area (Å²) in [7, 11) is 0. The molecule has 0 spiro atoms. The minimum Gasteiger partial charge on any atom is -0.480 e. The van der Waals surface area contributed by atoms with Gasteiger partial charge >= 0.3 is 12.1 Å². The number of hydrogen-bond donors (Lipinski definition) is 3. The smallest absolute Gasteiger partial charge is 0.407 e. The molecule has 0 aromatic heterocycles. The van der Waals surface area contributed by atoms with Crippen molar-refractivity contribution in [3.8, 4) is 11.1 Å². The highest BCUT2D eigenvalue weighted by atomic mass is 16.5. The Kier molecular flexibility index (Phi) is 6.64. The first-order valence-corrected chi connectivity index (χ1v) is 12.0. The molecule has 2 aromatic rings. The van der Waals surface area contributed by atoms with E-state index in [0.717, 1.165) is 28.7 Å². The number of carboxylic acid groups (broad SMARTS) is 1. The molecule has 2 aliphatic rings. The first-order valence-electron chi connectivity index (χ1n) is 12.0. The summed E-state index contributed by atoms with van der Waals surface area (Å²) in [5.41, 5.74) is 2.49. The predicted octanol–water partition coefficient (Wildman–Crippen LogP) is 4.46. The Morgan fingerprint density at radius 1 is 1.00 bits per heavy atom. The van der Waals surface area contributed by atoms with Gasteiger partial charge in [0.1, 0.15) is 12.1 Å². The number of aliphatic carboxylic acids is 1. The monoisotopic (exact) mass is 464 g/mol. The average molecular weight is 465 g/mol. The minimum absolute atomic E-state index is 0.0439. The number of carbonyl (C=O) groups excluding carboxylic acids is 2. The van der Waals surface area contributed by atoms with Gasteiger partial charge < -0.3 is 20.5 Å². The molecule has 0 radical (unpaired) electrons. The number of rotatable bonds is 9. The van der Waals surface area contributed by atoms with E-state index in [4.69, 9.17) is 4.74 Å². The summed E-state index contributed by atoms with van der Waals surface area (Å²) in [5, 5.41) is 15.1. The Labute approximate surface area is 199 Å². The molecule has 0 aliphatic heterocycles. The zero-order chi connectivity index (χ0) is 24.3. The third-order valence-corrected chi connectivity index (χ3v) is 7.72. The predicted molar refractivity (Wildman–Crippen MR) is 128 cm³/mol. The largest absolute Gasteiger partial charge is 0.480 e. The van der Waals surface area contributed by atoms with Gasteiger partial charge in [0.2, 0.25) is 5.91 Å². The number of carbonyl (C=O) groups is 3. The van der Waals surface area contributed by atoms with E-state index in [0.29, 0.717) is 25.7 Å². The molecular formula is C27H32N2O5. The van der Waals surface area contributed by atoms with E-state index >= 15 is 0 Å². The van der Waals surface area contributed by atoms with E-state index in [1.807, 2.05) is 38.1 Å². The molecule has 3 N–H and O–H groups in total. The maximum atomic E-state index is 13.1. The van der Waals surface area contributed by atoms with Gasteiger partial charge in [0, 0.05) is 12.5 Å². The van der Waals surface area contributed by atoms with Gasteiger partial charge in [-0.25, -0.2) is 9.59 Å². The first-order chi connectivity index (χ1) is 16.4. The van der Waals surface area contributed by atoms with E-state index in [-0.39, 0.29) is 25.0 Å². The lowest BCUT2D eigenvalue weighted by Crippen LogP contribution is -2.63. The maximum absolute atomic E-state index is 13.1. The van der Waals surface area contributed by atoms with E-state index in [1.54, 1.807) is 0 Å². The van der Waals surface area contributed by atoms with Crippen LogP contribution in [0.25, 0.3) is 11.1 Å². The van der Waals surface area contributed by atoms with E-state index < -0.39 is 23.0 Å². The molecule has 1 saturated carbocycles. The molecule has 1 fully saturated rings. The number of amides is 2. The molecule has 2 aromatic carbocycles. The first kappa shape index (κ1) is 23.8. The normalized spacial score (nSPS) is 16.1. The number of carboxylic acids is 1. The van der Waals surface area contributed by atoms with Crippen molar-refractivity contribution in [3.63, 3.8) is 0 Å². The minimum atomic E-state index is -1.18. The van der Waals surface area contributed by atoms with Gasteiger partial charge in [-0.05, 0) is 54.4 Å². The topological polar surface area (TPSA) is 105 Å². The summed E-state index contributed by atoms with van der Waals surface area (Å²) in [6.45, 7) is 4.02. The number of hydrogen-bond acceptors (Lipinski definition) is 4. The quantitative estimate of drug-likeness (QED) is 0.508. The van der Waals surface area contributed by atoms with Crippen LogP contribution in [-0.2, 0) is 14.3 Å². The summed E-state index contributed by atoms with van der Waals surface area (Å²) in [4.78, 5) is 37.4. The van der Waals surface area contributed by atoms with Gasteiger partial charge in [-0.3, -0.25) is 4.79 Å². The van der Waals surface area contributed by atoms with E-state index in [1.165, 1.54) is 0 Å². The summed E-state index contributed by atoms with van der Waals surface area (Å²) in [6, 6.07) is 16.3. The van der Waals surface area contributed by atoms with Crippen LogP contribution in [0.15, 0.2) is 48.5 Å². The fraction of sp³-hybridized carbons (Fsp3) is 0.444. The Morgan fingerprint density at radius 3 is 2.03 bits per heavy atom. The van der Waals surface area contributed by atoms with Crippen LogP contribution in [0.4, 0.5) is 4.79 Å². The van der Waals surface area contributed by atoms with Crippen LogP contribution >= 0.6 is 0 Å². The van der Waals surface area contributed by atoms with Crippen molar-refractivity contribution in [2.45, 2.75) is 57.4 Å². The zero-order valence-electron chi connectivity index (χ0n) is 19.7. The molecule has 0 saturated heterocycles. The maximum Gasteiger partial charge on any atom is 0.407 e. The molecule has 0 atom stereocenters. The Morgan fingerprint density at radius 2 is 1.56 bits per heavy atom. The molecule has 4 rings (SSSR count). The number of nitrogens with one attached hydrogen (secondary N) is 2. The van der Waals surface area contributed by atoms with Crippen LogP contribution < -0.4 is 10.6 Å². The van der Waals surface area contributed by atoms with Crippen LogP contribution in [0.5, 0.6) is 0 Å². The highest BCUT2D eigenvalue weighted by molar-refractivity contribution is 5.91. The molecule has 34 heavy (non-hydrogen) atoms. The number of alkyl carbamates (subject to hydrolysis) is 1. The van der Waals surface area contributed by atoms with Gasteiger partial charge in [-0.15, -0.1) is 0 Å². The van der Waals surface area contributed by atoms with Gasteiger partial charge in [-0.2, -0.15) is 0 Å². The zero-order valence-corrected chi connectivity index (χ0v) is 19.7. The molecular weight excluding hydrogens is 432 g/mol.